The molecule has 126 valence electrons. The van der Waals surface area contributed by atoms with Crippen molar-refractivity contribution in [2.45, 2.75) is 0 Å². The Morgan fingerprint density at radius 1 is 1.00 bits per heavy atom. The van der Waals surface area contributed by atoms with Crippen LogP contribution >= 0.6 is 23.2 Å². The monoisotopic (exact) mass is 375 g/mol. The van der Waals surface area contributed by atoms with Crippen LogP contribution in [0.2, 0.25) is 10.0 Å². The first-order valence-electron chi connectivity index (χ1n) is 7.27. The Morgan fingerprint density at radius 2 is 1.80 bits per heavy atom. The third-order valence-electron chi connectivity index (χ3n) is 3.31. The SMILES string of the molecule is O=C(Nc1cccc(Cl)c1Cl)c1ccc(Nc2cccc(F)c2)cn1. The molecule has 4 nitrogen and oxygen atoms in total. The maximum absolute atomic E-state index is 13.2. The number of carbonyl (C=O) groups excluding carboxylic acids is 1. The van der Waals surface area contributed by atoms with Gasteiger partial charge in [-0.1, -0.05) is 35.3 Å². The first-order valence-corrected chi connectivity index (χ1v) is 8.02. The average molecular weight is 376 g/mol. The second-order valence-corrected chi connectivity index (χ2v) is 5.91. The van der Waals surface area contributed by atoms with Gasteiger partial charge >= 0.3 is 0 Å². The van der Waals surface area contributed by atoms with Crippen LogP contribution in [-0.4, -0.2) is 10.9 Å². The molecule has 3 aromatic rings. The molecule has 7 heteroatoms. The summed E-state index contributed by atoms with van der Waals surface area (Å²) in [6.07, 6.45) is 1.49. The number of hydrogen-bond donors (Lipinski definition) is 2. The maximum atomic E-state index is 13.2. The fourth-order valence-electron chi connectivity index (χ4n) is 2.12. The molecule has 3 rings (SSSR count). The van der Waals surface area contributed by atoms with Gasteiger partial charge in [0.15, 0.2) is 0 Å². The molecule has 0 aliphatic rings. The van der Waals surface area contributed by atoms with E-state index < -0.39 is 5.91 Å². The van der Waals surface area contributed by atoms with E-state index in [1.54, 1.807) is 42.5 Å². The number of anilines is 3. The van der Waals surface area contributed by atoms with Crippen molar-refractivity contribution < 1.29 is 9.18 Å². The van der Waals surface area contributed by atoms with Crippen molar-refractivity contribution in [1.82, 2.24) is 4.98 Å². The largest absolute Gasteiger partial charge is 0.354 e. The van der Waals surface area contributed by atoms with E-state index in [2.05, 4.69) is 15.6 Å². The van der Waals surface area contributed by atoms with Crippen molar-refractivity contribution in [1.29, 1.82) is 0 Å². The number of amides is 1. The van der Waals surface area contributed by atoms with Gasteiger partial charge in [-0.05, 0) is 42.5 Å². The molecule has 0 unspecified atom stereocenters. The summed E-state index contributed by atoms with van der Waals surface area (Å²) in [5, 5.41) is 6.28. The summed E-state index contributed by atoms with van der Waals surface area (Å²) in [7, 11) is 0. The molecule has 0 spiro atoms. The van der Waals surface area contributed by atoms with Gasteiger partial charge in [0.05, 0.1) is 27.6 Å². The van der Waals surface area contributed by atoms with Gasteiger partial charge in [0.1, 0.15) is 11.5 Å². The standard InChI is InChI=1S/C18H12Cl2FN3O/c19-14-5-2-6-15(17(14)20)24-18(25)16-8-7-13(10-22-16)23-12-4-1-3-11(21)9-12/h1-10,23H,(H,24,25). The number of aromatic nitrogens is 1. The van der Waals surface area contributed by atoms with Gasteiger partial charge in [-0.15, -0.1) is 0 Å². The zero-order valence-electron chi connectivity index (χ0n) is 12.8. The summed E-state index contributed by atoms with van der Waals surface area (Å²) in [6, 6.07) is 14.2. The lowest BCUT2D eigenvalue weighted by atomic mass is 10.2. The highest BCUT2D eigenvalue weighted by atomic mass is 35.5. The van der Waals surface area contributed by atoms with Gasteiger partial charge in [0.2, 0.25) is 0 Å². The Morgan fingerprint density at radius 3 is 2.52 bits per heavy atom. The summed E-state index contributed by atoms with van der Waals surface area (Å²) < 4.78 is 13.2. The zero-order chi connectivity index (χ0) is 17.8. The van der Waals surface area contributed by atoms with Crippen molar-refractivity contribution in [2.75, 3.05) is 10.6 Å². The molecule has 1 amide bonds. The van der Waals surface area contributed by atoms with Gasteiger partial charge in [-0.2, -0.15) is 0 Å². The number of nitrogens with one attached hydrogen (secondary N) is 2. The molecule has 0 atom stereocenters. The molecule has 0 saturated carbocycles. The third kappa shape index (κ3) is 4.26. The Bertz CT molecular complexity index is 916. The van der Waals surface area contributed by atoms with Crippen LogP contribution in [0.3, 0.4) is 0 Å². The molecule has 1 aromatic heterocycles. The van der Waals surface area contributed by atoms with Crippen molar-refractivity contribution >= 4 is 46.2 Å². The lowest BCUT2D eigenvalue weighted by molar-refractivity contribution is 0.102. The lowest BCUT2D eigenvalue weighted by Crippen LogP contribution is -2.14. The number of benzene rings is 2. The molecule has 0 bridgehead atoms. The second kappa shape index (κ2) is 7.51. The molecule has 2 aromatic carbocycles. The average Bonchev–Trinajstić information content (AvgIpc) is 2.59. The molecule has 0 aliphatic heterocycles. The van der Waals surface area contributed by atoms with Crippen molar-refractivity contribution in [2.24, 2.45) is 0 Å². The molecule has 0 saturated heterocycles. The molecule has 0 radical (unpaired) electrons. The third-order valence-corrected chi connectivity index (χ3v) is 4.13. The Labute approximate surface area is 153 Å². The molecule has 2 N–H and O–H groups in total. The zero-order valence-corrected chi connectivity index (χ0v) is 14.3. The van der Waals surface area contributed by atoms with Crippen LogP contribution in [0.25, 0.3) is 0 Å². The van der Waals surface area contributed by atoms with Crippen molar-refractivity contribution in [3.8, 4) is 0 Å². The van der Waals surface area contributed by atoms with Crippen LogP contribution in [0.15, 0.2) is 60.8 Å². The highest BCUT2D eigenvalue weighted by molar-refractivity contribution is 6.44. The molecule has 1 heterocycles. The Kier molecular flexibility index (Phi) is 5.16. The van der Waals surface area contributed by atoms with Gasteiger partial charge in [0, 0.05) is 5.69 Å². The highest BCUT2D eigenvalue weighted by Crippen LogP contribution is 2.29. The smallest absolute Gasteiger partial charge is 0.274 e. The van der Waals surface area contributed by atoms with E-state index in [1.165, 1.54) is 18.3 Å². The Hall–Kier alpha value is -2.63. The molecule has 0 fully saturated rings. The minimum absolute atomic E-state index is 0.209. The molecule has 0 aliphatic carbocycles. The predicted octanol–water partition coefficient (Wildman–Crippen LogP) is 5.52. The van der Waals surface area contributed by atoms with Crippen LogP contribution in [-0.2, 0) is 0 Å². The van der Waals surface area contributed by atoms with Crippen molar-refractivity contribution in [3.05, 3.63) is 82.4 Å². The van der Waals surface area contributed by atoms with Crippen molar-refractivity contribution in [3.63, 3.8) is 0 Å². The van der Waals surface area contributed by atoms with E-state index in [-0.39, 0.29) is 16.5 Å². The summed E-state index contributed by atoms with van der Waals surface area (Å²) in [6.45, 7) is 0. The number of halogens is 3. The number of hydrogen-bond acceptors (Lipinski definition) is 3. The van der Waals surface area contributed by atoms with Crippen LogP contribution in [0.5, 0.6) is 0 Å². The van der Waals surface area contributed by atoms with Crippen LogP contribution in [0.1, 0.15) is 10.5 Å². The first kappa shape index (κ1) is 17.2. The van der Waals surface area contributed by atoms with Crippen LogP contribution < -0.4 is 10.6 Å². The summed E-state index contributed by atoms with van der Waals surface area (Å²) in [5.41, 5.74) is 1.83. The first-order chi connectivity index (χ1) is 12.0. The van der Waals surface area contributed by atoms with E-state index in [9.17, 15) is 9.18 Å². The van der Waals surface area contributed by atoms with Crippen LogP contribution in [0.4, 0.5) is 21.5 Å². The maximum Gasteiger partial charge on any atom is 0.274 e. The fraction of sp³-hybridized carbons (Fsp3) is 0. The second-order valence-electron chi connectivity index (χ2n) is 5.12. The number of pyridine rings is 1. The molecular weight excluding hydrogens is 364 g/mol. The van der Waals surface area contributed by atoms with E-state index in [0.717, 1.165) is 0 Å². The normalized spacial score (nSPS) is 10.4. The van der Waals surface area contributed by atoms with E-state index >= 15 is 0 Å². The topological polar surface area (TPSA) is 54.0 Å². The van der Waals surface area contributed by atoms with Gasteiger partial charge in [-0.3, -0.25) is 4.79 Å². The van der Waals surface area contributed by atoms with Gasteiger partial charge in [-0.25, -0.2) is 9.37 Å². The highest BCUT2D eigenvalue weighted by Gasteiger charge is 2.11. The fourth-order valence-corrected chi connectivity index (χ4v) is 2.47. The number of carbonyl (C=O) groups is 1. The molecule has 25 heavy (non-hydrogen) atoms. The quantitative estimate of drug-likeness (QED) is 0.630. The van der Waals surface area contributed by atoms with E-state index in [4.69, 9.17) is 23.2 Å². The Balaban J connectivity index is 1.71. The van der Waals surface area contributed by atoms with Gasteiger partial charge < -0.3 is 10.6 Å². The summed E-state index contributed by atoms with van der Waals surface area (Å²) in [4.78, 5) is 16.3. The van der Waals surface area contributed by atoms with E-state index in [1.807, 2.05) is 0 Å². The van der Waals surface area contributed by atoms with E-state index in [0.29, 0.717) is 22.1 Å². The summed E-state index contributed by atoms with van der Waals surface area (Å²) >= 11 is 12.0. The predicted molar refractivity (Wildman–Crippen MR) is 98.3 cm³/mol. The summed E-state index contributed by atoms with van der Waals surface area (Å²) in [5.74, 6) is -0.756. The molecular formula is C18H12Cl2FN3O. The van der Waals surface area contributed by atoms with Gasteiger partial charge in [0.25, 0.3) is 5.91 Å². The van der Waals surface area contributed by atoms with Crippen LogP contribution in [0, 0.1) is 5.82 Å². The number of rotatable bonds is 4. The minimum atomic E-state index is -0.415. The minimum Gasteiger partial charge on any atom is -0.354 e. The number of nitrogens with zero attached hydrogens (tertiary/aromatic N) is 1. The lowest BCUT2D eigenvalue weighted by Gasteiger charge is -2.09.